The summed E-state index contributed by atoms with van der Waals surface area (Å²) >= 11 is 3.24. The topological polar surface area (TPSA) is 108 Å². The summed E-state index contributed by atoms with van der Waals surface area (Å²) in [6.45, 7) is 3.67. The van der Waals surface area contributed by atoms with Crippen LogP contribution < -0.4 is 4.89 Å². The molecule has 1 aromatic carbocycles. The molecule has 158 valence electrons. The van der Waals surface area contributed by atoms with Crippen molar-refractivity contribution in [3.8, 4) is 0 Å². The van der Waals surface area contributed by atoms with Gasteiger partial charge in [-0.3, -0.25) is 14.4 Å². The van der Waals surface area contributed by atoms with Gasteiger partial charge in [0.2, 0.25) is 0 Å². The molecule has 1 aliphatic carbocycles. The summed E-state index contributed by atoms with van der Waals surface area (Å²) in [6.07, 6.45) is 2.08. The van der Waals surface area contributed by atoms with Crippen LogP contribution in [0.4, 0.5) is 0 Å². The van der Waals surface area contributed by atoms with Crippen LogP contribution in [0.5, 0.6) is 0 Å². The Morgan fingerprint density at radius 2 is 1.76 bits per heavy atom. The SMILES string of the molecule is CCOC(=O)C1(C(=O)OCC)CC1=C=CCCONS(=O)(=O)c1ccc(Br)cc1. The Bertz CT molecular complexity index is 900. The first kappa shape index (κ1) is 23.3. The van der Waals surface area contributed by atoms with Gasteiger partial charge in [-0.2, -0.15) is 0 Å². The average molecular weight is 488 g/mol. The van der Waals surface area contributed by atoms with Crippen LogP contribution >= 0.6 is 15.9 Å². The van der Waals surface area contributed by atoms with Crippen molar-refractivity contribution in [3.05, 3.63) is 46.1 Å². The van der Waals surface area contributed by atoms with Crippen molar-refractivity contribution in [2.24, 2.45) is 5.41 Å². The van der Waals surface area contributed by atoms with Gasteiger partial charge in [-0.1, -0.05) is 20.8 Å². The number of sulfonamides is 1. The Morgan fingerprint density at radius 1 is 1.17 bits per heavy atom. The van der Waals surface area contributed by atoms with Crippen molar-refractivity contribution < 1.29 is 32.3 Å². The second kappa shape index (κ2) is 10.2. The van der Waals surface area contributed by atoms with Crippen LogP contribution in [0.25, 0.3) is 0 Å². The Hall–Kier alpha value is -1.97. The number of hydrogen-bond acceptors (Lipinski definition) is 7. The predicted molar refractivity (Wildman–Crippen MR) is 107 cm³/mol. The smallest absolute Gasteiger partial charge is 0.328 e. The van der Waals surface area contributed by atoms with Crippen LogP contribution in [0.15, 0.2) is 51.0 Å². The number of ether oxygens (including phenoxy) is 2. The van der Waals surface area contributed by atoms with Crippen LogP contribution in [0, 0.1) is 5.41 Å². The highest BCUT2D eigenvalue weighted by molar-refractivity contribution is 9.10. The maximum absolute atomic E-state index is 12.2. The van der Waals surface area contributed by atoms with Crippen LogP contribution in [0.3, 0.4) is 0 Å². The zero-order valence-corrected chi connectivity index (χ0v) is 18.5. The zero-order chi connectivity index (χ0) is 21.5. The fourth-order valence-corrected chi connectivity index (χ4v) is 3.57. The normalized spacial score (nSPS) is 14.7. The predicted octanol–water partition coefficient (Wildman–Crippen LogP) is 2.65. The van der Waals surface area contributed by atoms with Crippen LogP contribution in [-0.4, -0.2) is 40.2 Å². The van der Waals surface area contributed by atoms with Crippen molar-refractivity contribution in [3.63, 3.8) is 0 Å². The second-order valence-electron chi connectivity index (χ2n) is 6.03. The molecule has 1 aromatic rings. The molecule has 0 unspecified atom stereocenters. The third kappa shape index (κ3) is 5.77. The average Bonchev–Trinajstić information content (AvgIpc) is 3.41. The van der Waals surface area contributed by atoms with Gasteiger partial charge < -0.3 is 9.47 Å². The van der Waals surface area contributed by atoms with Gasteiger partial charge >= 0.3 is 11.9 Å². The van der Waals surface area contributed by atoms with E-state index in [1.165, 1.54) is 12.1 Å². The molecule has 0 spiro atoms. The van der Waals surface area contributed by atoms with Gasteiger partial charge in [-0.15, -0.1) is 5.73 Å². The van der Waals surface area contributed by atoms with E-state index in [1.807, 2.05) is 4.89 Å². The number of esters is 2. The van der Waals surface area contributed by atoms with E-state index in [4.69, 9.17) is 14.3 Å². The first-order valence-electron chi connectivity index (χ1n) is 8.96. The van der Waals surface area contributed by atoms with Crippen molar-refractivity contribution in [2.45, 2.75) is 31.6 Å². The number of halogens is 1. The minimum absolute atomic E-state index is 0.0435. The first-order chi connectivity index (χ1) is 13.8. The third-order valence-corrected chi connectivity index (χ3v) is 5.77. The fraction of sp³-hybridized carbons (Fsp3) is 0.421. The molecule has 1 N–H and O–H groups in total. The van der Waals surface area contributed by atoms with E-state index in [2.05, 4.69) is 21.7 Å². The standard InChI is InChI=1S/C19H22BrNO7S/c1-3-26-17(22)19(18(23)27-4-2)13-14(19)7-5-6-12-28-21-29(24,25)16-10-8-15(20)9-11-16/h5,8-11,21H,3-4,6,12-13H2,1-2H3. The fourth-order valence-electron chi connectivity index (χ4n) is 2.47. The van der Waals surface area contributed by atoms with Crippen molar-refractivity contribution in [2.75, 3.05) is 19.8 Å². The van der Waals surface area contributed by atoms with Crippen LogP contribution in [-0.2, 0) is 33.9 Å². The monoisotopic (exact) mass is 487 g/mol. The lowest BCUT2D eigenvalue weighted by Crippen LogP contribution is -2.30. The Balaban J connectivity index is 1.90. The first-order valence-corrected chi connectivity index (χ1v) is 11.2. The second-order valence-corrected chi connectivity index (χ2v) is 8.59. The molecule has 1 aliphatic rings. The maximum atomic E-state index is 12.2. The van der Waals surface area contributed by atoms with Gasteiger partial charge in [0, 0.05) is 16.5 Å². The number of nitrogens with one attached hydrogen (secondary N) is 1. The van der Waals surface area contributed by atoms with Gasteiger partial charge in [0.15, 0.2) is 5.41 Å². The summed E-state index contributed by atoms with van der Waals surface area (Å²) < 4.78 is 34.9. The minimum Gasteiger partial charge on any atom is -0.465 e. The molecule has 29 heavy (non-hydrogen) atoms. The molecule has 8 nitrogen and oxygen atoms in total. The molecule has 0 atom stereocenters. The molecule has 0 radical (unpaired) electrons. The molecule has 1 fully saturated rings. The molecule has 2 rings (SSSR count). The molecule has 0 heterocycles. The van der Waals surface area contributed by atoms with Crippen LogP contribution in [0.1, 0.15) is 26.7 Å². The number of hydrogen-bond donors (Lipinski definition) is 1. The van der Waals surface area contributed by atoms with Gasteiger partial charge in [0.1, 0.15) is 0 Å². The summed E-state index contributed by atoms with van der Waals surface area (Å²) in [5.41, 5.74) is 1.96. The molecular weight excluding hydrogens is 466 g/mol. The number of carbonyl (C=O) groups excluding carboxylic acids is 2. The summed E-state index contributed by atoms with van der Waals surface area (Å²) in [6, 6.07) is 6.10. The number of benzene rings is 1. The molecule has 10 heteroatoms. The van der Waals surface area contributed by atoms with Gasteiger partial charge in [-0.25, -0.2) is 8.42 Å². The van der Waals surface area contributed by atoms with Gasteiger partial charge in [0.05, 0.1) is 24.7 Å². The van der Waals surface area contributed by atoms with Crippen molar-refractivity contribution >= 4 is 37.9 Å². The van der Waals surface area contributed by atoms with E-state index in [1.54, 1.807) is 32.1 Å². The van der Waals surface area contributed by atoms with Gasteiger partial charge in [0.25, 0.3) is 10.0 Å². The van der Waals surface area contributed by atoms with Crippen molar-refractivity contribution in [1.29, 1.82) is 0 Å². The van der Waals surface area contributed by atoms with E-state index in [0.29, 0.717) is 12.0 Å². The van der Waals surface area contributed by atoms with Gasteiger partial charge in [-0.05, 0) is 50.6 Å². The summed E-state index contributed by atoms with van der Waals surface area (Å²) in [4.78, 5) is 31.4. The third-order valence-electron chi connectivity index (χ3n) is 4.01. The van der Waals surface area contributed by atoms with Crippen molar-refractivity contribution in [1.82, 2.24) is 4.89 Å². The zero-order valence-electron chi connectivity index (χ0n) is 16.1. The molecule has 0 aliphatic heterocycles. The summed E-state index contributed by atoms with van der Waals surface area (Å²) in [7, 11) is -3.78. The van der Waals surface area contributed by atoms with E-state index >= 15 is 0 Å². The highest BCUT2D eigenvalue weighted by Gasteiger charge is 2.64. The lowest BCUT2D eigenvalue weighted by Gasteiger charge is -2.11. The van der Waals surface area contributed by atoms with Crippen LogP contribution in [0.2, 0.25) is 0 Å². The van der Waals surface area contributed by atoms with E-state index in [-0.39, 0.29) is 31.1 Å². The molecule has 1 saturated carbocycles. The van der Waals surface area contributed by atoms with E-state index in [9.17, 15) is 18.0 Å². The molecule has 0 amide bonds. The lowest BCUT2D eigenvalue weighted by molar-refractivity contribution is -0.163. The molecule has 0 bridgehead atoms. The number of rotatable bonds is 10. The lowest BCUT2D eigenvalue weighted by atomic mass is 10.1. The van der Waals surface area contributed by atoms with E-state index < -0.39 is 27.4 Å². The largest absolute Gasteiger partial charge is 0.465 e. The molecule has 0 aromatic heterocycles. The minimum atomic E-state index is -3.78. The highest BCUT2D eigenvalue weighted by atomic mass is 79.9. The molecule has 0 saturated heterocycles. The quantitative estimate of drug-likeness (QED) is 0.177. The molecular formula is C19H22BrNO7S. The summed E-state index contributed by atoms with van der Waals surface area (Å²) in [5, 5.41) is 0. The maximum Gasteiger partial charge on any atom is 0.328 e. The Kier molecular flexibility index (Phi) is 8.18. The Morgan fingerprint density at radius 3 is 2.31 bits per heavy atom. The number of carbonyl (C=O) groups is 2. The van der Waals surface area contributed by atoms with E-state index in [0.717, 1.165) is 4.47 Å². The highest BCUT2D eigenvalue weighted by Crippen LogP contribution is 2.53. The Labute approximate surface area is 178 Å². The summed E-state index contributed by atoms with van der Waals surface area (Å²) in [5.74, 6) is -1.29.